The number of carbonyl (C=O) groups is 1. The third kappa shape index (κ3) is 6.65. The normalized spacial score (nSPS) is 15.3. The van der Waals surface area contributed by atoms with Gasteiger partial charge in [-0.1, -0.05) is 37.3 Å². The highest BCUT2D eigenvalue weighted by atomic mass is 32.2. The smallest absolute Gasteiger partial charge is 0.283 e. The third-order valence-corrected chi connectivity index (χ3v) is 7.20. The second-order valence-electron chi connectivity index (χ2n) is 8.23. The summed E-state index contributed by atoms with van der Waals surface area (Å²) in [5.74, 6) is 1.14. The Kier molecular flexibility index (Phi) is 8.11. The van der Waals surface area contributed by atoms with Gasteiger partial charge in [0.2, 0.25) is 21.8 Å². The van der Waals surface area contributed by atoms with Gasteiger partial charge >= 0.3 is 0 Å². The molecule has 35 heavy (non-hydrogen) atoms. The molecule has 186 valence electrons. The molecule has 0 unspecified atom stereocenters. The summed E-state index contributed by atoms with van der Waals surface area (Å²) in [4.78, 5) is 16.6. The van der Waals surface area contributed by atoms with Crippen LogP contribution < -0.4 is 0 Å². The molecule has 4 rings (SSSR count). The fourth-order valence-electron chi connectivity index (χ4n) is 3.84. The highest BCUT2D eigenvalue weighted by molar-refractivity contribution is 7.92. The van der Waals surface area contributed by atoms with Gasteiger partial charge in [-0.3, -0.25) is 9.69 Å². The van der Waals surface area contributed by atoms with Crippen molar-refractivity contribution in [3.05, 3.63) is 65.6 Å². The third-order valence-electron chi connectivity index (χ3n) is 5.64. The zero-order valence-corrected chi connectivity index (χ0v) is 20.4. The maximum atomic E-state index is 13.0. The fourth-order valence-corrected chi connectivity index (χ4v) is 5.01. The van der Waals surface area contributed by atoms with Crippen molar-refractivity contribution in [2.24, 2.45) is 0 Å². The van der Waals surface area contributed by atoms with Crippen molar-refractivity contribution in [2.45, 2.75) is 19.9 Å². The van der Waals surface area contributed by atoms with Crippen LogP contribution in [0.1, 0.15) is 24.8 Å². The monoisotopic (exact) mass is 499 g/mol. The summed E-state index contributed by atoms with van der Waals surface area (Å²) >= 11 is 0. The summed E-state index contributed by atoms with van der Waals surface area (Å²) in [5.41, 5.74) is 0.818. The van der Waals surface area contributed by atoms with E-state index >= 15 is 0 Å². The molecule has 0 spiro atoms. The van der Waals surface area contributed by atoms with Crippen LogP contribution in [0.5, 0.6) is 0 Å². The number of carbonyl (C=O) groups excluding carboxylic acids is 1. The largest absolute Gasteiger partial charge is 0.459 e. The van der Waals surface area contributed by atoms with E-state index in [1.807, 2.05) is 42.2 Å². The van der Waals surface area contributed by atoms with Crippen molar-refractivity contribution < 1.29 is 22.0 Å². The van der Waals surface area contributed by atoms with Gasteiger partial charge in [0.25, 0.3) is 5.89 Å². The van der Waals surface area contributed by atoms with Crippen LogP contribution in [0.25, 0.3) is 17.7 Å². The van der Waals surface area contributed by atoms with Crippen molar-refractivity contribution in [3.63, 3.8) is 0 Å². The molecule has 3 heterocycles. The molecule has 0 aliphatic carbocycles. The van der Waals surface area contributed by atoms with Crippen LogP contribution in [0.3, 0.4) is 0 Å². The number of benzene rings is 1. The Morgan fingerprint density at radius 1 is 1.09 bits per heavy atom. The molecule has 11 heteroatoms. The second-order valence-corrected chi connectivity index (χ2v) is 10.0. The number of nitrogens with zero attached hydrogens (tertiary/aromatic N) is 5. The number of amides is 1. The van der Waals surface area contributed by atoms with Crippen LogP contribution in [0, 0.1) is 0 Å². The number of rotatable bonds is 10. The van der Waals surface area contributed by atoms with Crippen LogP contribution in [0.4, 0.5) is 0 Å². The first-order valence-corrected chi connectivity index (χ1v) is 13.0. The number of hydrogen-bond acceptors (Lipinski definition) is 8. The summed E-state index contributed by atoms with van der Waals surface area (Å²) in [5, 5.41) is 9.30. The zero-order chi connectivity index (χ0) is 24.7. The van der Waals surface area contributed by atoms with Gasteiger partial charge in [0.15, 0.2) is 5.76 Å². The standard InChI is InChI=1S/C24H29N5O5S/c1-2-11-27(18-22-25-26-24(34-22)21-9-6-16-33-21)19-23(30)28-12-14-29(15-13-28)35(31,32)17-10-20-7-4-3-5-8-20/h3-10,16-17H,2,11-15,18-19H2,1H3. The van der Waals surface area contributed by atoms with E-state index in [2.05, 4.69) is 10.2 Å². The summed E-state index contributed by atoms with van der Waals surface area (Å²) in [6.45, 7) is 4.46. The number of aromatic nitrogens is 2. The first-order chi connectivity index (χ1) is 16.9. The zero-order valence-electron chi connectivity index (χ0n) is 19.6. The fraction of sp³-hybridized carbons (Fsp3) is 0.375. The van der Waals surface area contributed by atoms with Gasteiger partial charge in [-0.2, -0.15) is 4.31 Å². The van der Waals surface area contributed by atoms with Gasteiger partial charge in [0, 0.05) is 31.6 Å². The van der Waals surface area contributed by atoms with Crippen LogP contribution in [-0.2, 0) is 21.4 Å². The van der Waals surface area contributed by atoms with E-state index in [0.29, 0.717) is 43.7 Å². The van der Waals surface area contributed by atoms with Crippen LogP contribution >= 0.6 is 0 Å². The number of hydrogen-bond donors (Lipinski definition) is 0. The highest BCUT2D eigenvalue weighted by Crippen LogP contribution is 2.19. The van der Waals surface area contributed by atoms with E-state index in [-0.39, 0.29) is 25.5 Å². The lowest BCUT2D eigenvalue weighted by atomic mass is 10.2. The van der Waals surface area contributed by atoms with Gasteiger partial charge in [-0.05, 0) is 36.7 Å². The molecule has 1 saturated heterocycles. The summed E-state index contributed by atoms with van der Waals surface area (Å²) < 4.78 is 37.7. The molecule has 3 aromatic rings. The first-order valence-electron chi connectivity index (χ1n) is 11.5. The molecular formula is C24H29N5O5S. The van der Waals surface area contributed by atoms with Gasteiger partial charge in [-0.25, -0.2) is 8.42 Å². The van der Waals surface area contributed by atoms with Gasteiger partial charge in [0.05, 0.1) is 19.4 Å². The predicted octanol–water partition coefficient (Wildman–Crippen LogP) is 2.69. The first kappa shape index (κ1) is 24.8. The summed E-state index contributed by atoms with van der Waals surface area (Å²) in [6.07, 6.45) is 3.97. The van der Waals surface area contributed by atoms with E-state index in [0.717, 1.165) is 12.0 Å². The van der Waals surface area contributed by atoms with Crippen molar-refractivity contribution in [2.75, 3.05) is 39.3 Å². The molecule has 0 saturated carbocycles. The molecule has 10 nitrogen and oxygen atoms in total. The molecule has 1 fully saturated rings. The molecule has 1 amide bonds. The minimum atomic E-state index is -3.55. The van der Waals surface area contributed by atoms with Gasteiger partial charge in [0.1, 0.15) is 0 Å². The van der Waals surface area contributed by atoms with Crippen LogP contribution in [0.2, 0.25) is 0 Å². The summed E-state index contributed by atoms with van der Waals surface area (Å²) in [6, 6.07) is 12.8. The Hall–Kier alpha value is -3.28. The van der Waals surface area contributed by atoms with Crippen LogP contribution in [-0.4, -0.2) is 77.9 Å². The minimum Gasteiger partial charge on any atom is -0.459 e. The Bertz CT molecular complexity index is 1220. The number of furan rings is 1. The van der Waals surface area contributed by atoms with Crippen molar-refractivity contribution in [3.8, 4) is 11.7 Å². The summed E-state index contributed by atoms with van der Waals surface area (Å²) in [7, 11) is -3.55. The van der Waals surface area contributed by atoms with E-state index in [1.165, 1.54) is 16.0 Å². The lowest BCUT2D eigenvalue weighted by molar-refractivity contribution is -0.133. The van der Waals surface area contributed by atoms with E-state index in [9.17, 15) is 13.2 Å². The molecule has 2 aromatic heterocycles. The average Bonchev–Trinajstić information content (AvgIpc) is 3.56. The van der Waals surface area contributed by atoms with Crippen LogP contribution in [0.15, 0.2) is 63.0 Å². The minimum absolute atomic E-state index is 0.0545. The molecule has 1 aliphatic heterocycles. The lowest BCUT2D eigenvalue weighted by Crippen LogP contribution is -2.52. The Balaban J connectivity index is 1.30. The molecule has 0 atom stereocenters. The molecule has 1 aliphatic rings. The molecule has 1 aromatic carbocycles. The predicted molar refractivity (Wildman–Crippen MR) is 130 cm³/mol. The van der Waals surface area contributed by atoms with E-state index in [1.54, 1.807) is 23.1 Å². The molecular weight excluding hydrogens is 470 g/mol. The second kappa shape index (κ2) is 11.4. The molecule has 0 N–H and O–H groups in total. The quantitative estimate of drug-likeness (QED) is 0.418. The Morgan fingerprint density at radius 2 is 1.86 bits per heavy atom. The Labute approximate surface area is 204 Å². The van der Waals surface area contributed by atoms with Crippen molar-refractivity contribution >= 4 is 22.0 Å². The number of sulfonamides is 1. The maximum absolute atomic E-state index is 13.0. The molecule has 0 bridgehead atoms. The topological polar surface area (TPSA) is 113 Å². The van der Waals surface area contributed by atoms with Gasteiger partial charge < -0.3 is 13.7 Å². The van der Waals surface area contributed by atoms with Crippen molar-refractivity contribution in [1.82, 2.24) is 24.3 Å². The van der Waals surface area contributed by atoms with E-state index in [4.69, 9.17) is 8.83 Å². The number of piperazine rings is 1. The van der Waals surface area contributed by atoms with Gasteiger partial charge in [-0.15, -0.1) is 10.2 Å². The molecule has 0 radical (unpaired) electrons. The maximum Gasteiger partial charge on any atom is 0.283 e. The average molecular weight is 500 g/mol. The Morgan fingerprint density at radius 3 is 2.54 bits per heavy atom. The van der Waals surface area contributed by atoms with Crippen molar-refractivity contribution in [1.29, 1.82) is 0 Å². The SMILES string of the molecule is CCCN(CC(=O)N1CCN(S(=O)(=O)C=Cc2ccccc2)CC1)Cc1nnc(-c2ccco2)o1. The van der Waals surface area contributed by atoms with E-state index < -0.39 is 10.0 Å². The highest BCUT2D eigenvalue weighted by Gasteiger charge is 2.28. The lowest BCUT2D eigenvalue weighted by Gasteiger charge is -2.34.